The van der Waals surface area contributed by atoms with Gasteiger partial charge in [-0.15, -0.1) is 0 Å². The van der Waals surface area contributed by atoms with E-state index in [0.29, 0.717) is 57.2 Å². The summed E-state index contributed by atoms with van der Waals surface area (Å²) in [6.45, 7) is 6.44. The van der Waals surface area contributed by atoms with Gasteiger partial charge in [-0.2, -0.15) is 4.31 Å². The highest BCUT2D eigenvalue weighted by Crippen LogP contribution is 2.34. The molecular formula is C26H34N2O5S. The maximum Gasteiger partial charge on any atom is 0.243 e. The van der Waals surface area contributed by atoms with E-state index in [0.717, 1.165) is 18.4 Å². The van der Waals surface area contributed by atoms with Crippen LogP contribution < -0.4 is 9.47 Å². The summed E-state index contributed by atoms with van der Waals surface area (Å²) in [5, 5.41) is 0. The molecule has 7 nitrogen and oxygen atoms in total. The number of hydrogen-bond acceptors (Lipinski definition) is 5. The van der Waals surface area contributed by atoms with Gasteiger partial charge in [0.25, 0.3) is 0 Å². The lowest BCUT2D eigenvalue weighted by molar-refractivity contribution is -0.139. The first-order chi connectivity index (χ1) is 16.4. The number of carbonyl (C=O) groups excluding carboxylic acids is 1. The Morgan fingerprint density at radius 2 is 1.74 bits per heavy atom. The average Bonchev–Trinajstić information content (AvgIpc) is 3.12. The van der Waals surface area contributed by atoms with Crippen LogP contribution >= 0.6 is 0 Å². The van der Waals surface area contributed by atoms with Crippen molar-refractivity contribution in [2.75, 3.05) is 26.3 Å². The molecule has 4 rings (SSSR count). The van der Waals surface area contributed by atoms with Crippen LogP contribution in [0.3, 0.4) is 0 Å². The Bertz CT molecular complexity index is 1080. The molecule has 0 spiro atoms. The van der Waals surface area contributed by atoms with E-state index in [1.54, 1.807) is 18.2 Å². The van der Waals surface area contributed by atoms with Gasteiger partial charge >= 0.3 is 0 Å². The lowest BCUT2D eigenvalue weighted by atomic mass is 9.95. The van der Waals surface area contributed by atoms with E-state index in [-0.39, 0.29) is 22.8 Å². The highest BCUT2D eigenvalue weighted by atomic mass is 32.2. The highest BCUT2D eigenvalue weighted by Gasteiger charge is 2.35. The molecule has 0 radical (unpaired) electrons. The summed E-state index contributed by atoms with van der Waals surface area (Å²) in [4.78, 5) is 15.6. The summed E-state index contributed by atoms with van der Waals surface area (Å²) in [6, 6.07) is 14.9. The Hall–Kier alpha value is -2.58. The van der Waals surface area contributed by atoms with Crippen LogP contribution in [0.2, 0.25) is 0 Å². The molecular weight excluding hydrogens is 452 g/mol. The Morgan fingerprint density at radius 1 is 1.06 bits per heavy atom. The second-order valence-corrected chi connectivity index (χ2v) is 11.0. The van der Waals surface area contributed by atoms with Crippen molar-refractivity contribution in [3.05, 3.63) is 54.1 Å². The van der Waals surface area contributed by atoms with Gasteiger partial charge in [-0.3, -0.25) is 4.79 Å². The normalized spacial score (nSPS) is 18.2. The predicted octanol–water partition coefficient (Wildman–Crippen LogP) is 4.08. The van der Waals surface area contributed by atoms with E-state index < -0.39 is 10.0 Å². The summed E-state index contributed by atoms with van der Waals surface area (Å²) >= 11 is 0. The Labute approximate surface area is 202 Å². The third-order valence-corrected chi connectivity index (χ3v) is 8.66. The number of ether oxygens (including phenoxy) is 2. The van der Waals surface area contributed by atoms with Crippen LogP contribution in [0.1, 0.15) is 45.1 Å². The van der Waals surface area contributed by atoms with Gasteiger partial charge in [-0.05, 0) is 43.9 Å². The summed E-state index contributed by atoms with van der Waals surface area (Å²) < 4.78 is 39.4. The van der Waals surface area contributed by atoms with Crippen molar-refractivity contribution in [1.29, 1.82) is 0 Å². The third kappa shape index (κ3) is 5.39. The number of fused-ring (bicyclic) bond motifs is 1. The molecule has 1 fully saturated rings. The summed E-state index contributed by atoms with van der Waals surface area (Å²) in [6.07, 6.45) is 2.67. The van der Waals surface area contributed by atoms with Crippen LogP contribution in [0.25, 0.3) is 0 Å². The molecule has 0 aliphatic carbocycles. The van der Waals surface area contributed by atoms with Gasteiger partial charge in [0.15, 0.2) is 11.5 Å². The Balaban J connectivity index is 1.43. The SMILES string of the molecule is CCC(C)N(Cc1ccccc1)C(=O)C1CCN(S(=O)(=O)c2ccc3c(c2)OCCCO3)CC1. The largest absolute Gasteiger partial charge is 0.490 e. The lowest BCUT2D eigenvalue weighted by Crippen LogP contribution is -2.46. The van der Waals surface area contributed by atoms with Crippen molar-refractivity contribution in [2.45, 2.75) is 57.0 Å². The molecule has 1 saturated heterocycles. The van der Waals surface area contributed by atoms with E-state index in [2.05, 4.69) is 13.8 Å². The van der Waals surface area contributed by atoms with Crippen LogP contribution in [0.5, 0.6) is 11.5 Å². The minimum absolute atomic E-state index is 0.117. The molecule has 1 atom stereocenters. The van der Waals surface area contributed by atoms with Crippen LogP contribution in [-0.2, 0) is 21.4 Å². The van der Waals surface area contributed by atoms with Crippen LogP contribution in [0, 0.1) is 5.92 Å². The number of benzene rings is 2. The van der Waals surface area contributed by atoms with E-state index in [9.17, 15) is 13.2 Å². The van der Waals surface area contributed by atoms with Crippen LogP contribution in [-0.4, -0.2) is 55.9 Å². The molecule has 184 valence electrons. The zero-order valence-electron chi connectivity index (χ0n) is 20.0. The smallest absolute Gasteiger partial charge is 0.243 e. The predicted molar refractivity (Wildman–Crippen MR) is 130 cm³/mol. The third-order valence-electron chi connectivity index (χ3n) is 6.76. The van der Waals surface area contributed by atoms with Crippen molar-refractivity contribution in [3.8, 4) is 11.5 Å². The van der Waals surface area contributed by atoms with Crippen LogP contribution in [0.15, 0.2) is 53.4 Å². The number of nitrogens with zero attached hydrogens (tertiary/aromatic N) is 2. The van der Waals surface area contributed by atoms with Crippen LogP contribution in [0.4, 0.5) is 0 Å². The molecule has 2 aliphatic heterocycles. The molecule has 0 bridgehead atoms. The first-order valence-corrected chi connectivity index (χ1v) is 13.6. The fourth-order valence-corrected chi connectivity index (χ4v) is 5.97. The number of piperidine rings is 1. The molecule has 2 heterocycles. The standard InChI is InChI=1S/C26H34N2O5S/c1-3-20(2)28(19-21-8-5-4-6-9-21)26(29)22-12-14-27(15-13-22)34(30,31)23-10-11-24-25(18-23)33-17-7-16-32-24/h4-6,8-11,18,20,22H,3,7,12-17,19H2,1-2H3. The second kappa shape index (κ2) is 10.8. The Morgan fingerprint density at radius 3 is 2.41 bits per heavy atom. The first kappa shape index (κ1) is 24.5. The summed E-state index contributed by atoms with van der Waals surface area (Å²) in [7, 11) is -3.67. The zero-order chi connectivity index (χ0) is 24.1. The van der Waals surface area contributed by atoms with E-state index in [1.807, 2.05) is 35.2 Å². The molecule has 2 aliphatic rings. The monoisotopic (exact) mass is 486 g/mol. The molecule has 34 heavy (non-hydrogen) atoms. The first-order valence-electron chi connectivity index (χ1n) is 12.1. The van der Waals surface area contributed by atoms with Gasteiger partial charge in [-0.1, -0.05) is 37.3 Å². The molecule has 1 amide bonds. The van der Waals surface area contributed by atoms with Gasteiger partial charge in [0.2, 0.25) is 15.9 Å². The topological polar surface area (TPSA) is 76.2 Å². The van der Waals surface area contributed by atoms with Gasteiger partial charge in [-0.25, -0.2) is 8.42 Å². The Kier molecular flexibility index (Phi) is 7.78. The molecule has 0 saturated carbocycles. The molecule has 1 unspecified atom stereocenters. The minimum Gasteiger partial charge on any atom is -0.490 e. The fourth-order valence-electron chi connectivity index (χ4n) is 4.48. The molecule has 2 aromatic carbocycles. The second-order valence-electron chi connectivity index (χ2n) is 9.05. The maximum atomic E-state index is 13.4. The fraction of sp³-hybridized carbons (Fsp3) is 0.500. The number of sulfonamides is 1. The lowest BCUT2D eigenvalue weighted by Gasteiger charge is -2.36. The number of amides is 1. The molecule has 8 heteroatoms. The summed E-state index contributed by atoms with van der Waals surface area (Å²) in [5.74, 6) is 0.983. The van der Waals surface area contributed by atoms with Crippen molar-refractivity contribution >= 4 is 15.9 Å². The van der Waals surface area contributed by atoms with Gasteiger partial charge in [0.1, 0.15) is 0 Å². The number of carbonyl (C=O) groups is 1. The van der Waals surface area contributed by atoms with Gasteiger partial charge in [0, 0.05) is 44.1 Å². The van der Waals surface area contributed by atoms with E-state index >= 15 is 0 Å². The molecule has 0 N–H and O–H groups in total. The number of rotatable bonds is 7. The van der Waals surface area contributed by atoms with Crippen molar-refractivity contribution in [3.63, 3.8) is 0 Å². The minimum atomic E-state index is -3.67. The maximum absolute atomic E-state index is 13.4. The average molecular weight is 487 g/mol. The number of hydrogen-bond donors (Lipinski definition) is 0. The zero-order valence-corrected chi connectivity index (χ0v) is 20.8. The quantitative estimate of drug-likeness (QED) is 0.590. The van der Waals surface area contributed by atoms with Crippen molar-refractivity contribution in [1.82, 2.24) is 9.21 Å². The van der Waals surface area contributed by atoms with Crippen molar-refractivity contribution < 1.29 is 22.7 Å². The van der Waals surface area contributed by atoms with E-state index in [1.165, 1.54) is 4.31 Å². The molecule has 2 aromatic rings. The molecule has 0 aromatic heterocycles. The van der Waals surface area contributed by atoms with E-state index in [4.69, 9.17) is 9.47 Å². The van der Waals surface area contributed by atoms with Gasteiger partial charge < -0.3 is 14.4 Å². The summed E-state index contributed by atoms with van der Waals surface area (Å²) in [5.41, 5.74) is 1.10. The van der Waals surface area contributed by atoms with Gasteiger partial charge in [0.05, 0.1) is 18.1 Å². The highest BCUT2D eigenvalue weighted by molar-refractivity contribution is 7.89. The van der Waals surface area contributed by atoms with Crippen molar-refractivity contribution in [2.24, 2.45) is 5.92 Å².